The number of benzene rings is 3. The number of amides is 1. The van der Waals surface area contributed by atoms with Crippen molar-refractivity contribution in [3.63, 3.8) is 0 Å². The van der Waals surface area contributed by atoms with E-state index in [1.54, 1.807) is 30.3 Å². The predicted molar refractivity (Wildman–Crippen MR) is 115 cm³/mol. The fraction of sp³-hybridized carbons (Fsp3) is 0. The van der Waals surface area contributed by atoms with E-state index in [4.69, 9.17) is 11.6 Å². The summed E-state index contributed by atoms with van der Waals surface area (Å²) >= 11 is 5.86. The molecule has 0 aliphatic carbocycles. The first-order chi connectivity index (χ1) is 13.7. The number of hydrogen-bond donors (Lipinski definition) is 1. The van der Waals surface area contributed by atoms with Crippen LogP contribution in [0.25, 0.3) is 6.08 Å². The largest absolute Gasteiger partial charge is 0.271 e. The molecule has 3 nitrogen and oxygen atoms in total. The van der Waals surface area contributed by atoms with Crippen molar-refractivity contribution in [2.45, 2.75) is 0 Å². The average molecular weight is 385 g/mol. The molecule has 3 aromatic rings. The van der Waals surface area contributed by atoms with Crippen molar-refractivity contribution in [2.75, 3.05) is 0 Å². The number of rotatable bonds is 4. The monoisotopic (exact) mass is 384 g/mol. The van der Waals surface area contributed by atoms with Crippen LogP contribution in [0.4, 0.5) is 0 Å². The highest BCUT2D eigenvalue weighted by Crippen LogP contribution is 2.09. The van der Waals surface area contributed by atoms with Crippen molar-refractivity contribution < 1.29 is 4.79 Å². The summed E-state index contributed by atoms with van der Waals surface area (Å²) in [5.74, 6) is 5.72. The van der Waals surface area contributed by atoms with Crippen molar-refractivity contribution in [1.82, 2.24) is 5.43 Å². The SMILES string of the molecule is O=C(N/N=C(C#Cc1ccccc1)/C=C/c1ccccc1)c1ccc(Cl)cc1. The Morgan fingerprint density at radius 1 is 0.893 bits per heavy atom. The molecule has 3 rings (SSSR count). The van der Waals surface area contributed by atoms with Crippen LogP contribution in [0, 0.1) is 11.8 Å². The van der Waals surface area contributed by atoms with Gasteiger partial charge in [-0.15, -0.1) is 0 Å². The molecule has 0 bridgehead atoms. The maximum absolute atomic E-state index is 12.3. The quantitative estimate of drug-likeness (QED) is 0.375. The summed E-state index contributed by atoms with van der Waals surface area (Å²) in [4.78, 5) is 12.3. The van der Waals surface area contributed by atoms with Gasteiger partial charge in [-0.2, -0.15) is 5.10 Å². The van der Waals surface area contributed by atoms with Crippen molar-refractivity contribution in [3.05, 3.63) is 113 Å². The lowest BCUT2D eigenvalue weighted by Gasteiger charge is -2.00. The van der Waals surface area contributed by atoms with Gasteiger partial charge in [0, 0.05) is 16.1 Å². The first kappa shape index (κ1) is 19.2. The highest BCUT2D eigenvalue weighted by Gasteiger charge is 2.04. The number of allylic oxidation sites excluding steroid dienone is 1. The second-order valence-corrected chi connectivity index (χ2v) is 6.24. The minimum Gasteiger partial charge on any atom is -0.267 e. The second-order valence-electron chi connectivity index (χ2n) is 5.80. The first-order valence-electron chi connectivity index (χ1n) is 8.64. The van der Waals surface area contributed by atoms with E-state index in [-0.39, 0.29) is 5.91 Å². The van der Waals surface area contributed by atoms with Gasteiger partial charge in [0.15, 0.2) is 0 Å². The molecule has 1 N–H and O–H groups in total. The molecule has 0 aliphatic heterocycles. The maximum atomic E-state index is 12.3. The lowest BCUT2D eigenvalue weighted by Crippen LogP contribution is -2.18. The molecule has 4 heteroatoms. The Morgan fingerprint density at radius 3 is 2.21 bits per heavy atom. The van der Waals surface area contributed by atoms with Gasteiger partial charge in [0.05, 0.1) is 0 Å². The standard InChI is InChI=1S/C24H17ClN2O/c25-22-15-13-21(14-16-22)24(28)27-26-23(17-11-19-7-3-1-4-8-19)18-12-20-9-5-2-6-10-20/h1-11,13-17H,(H,27,28)/b17-11+,26-23-. The smallest absolute Gasteiger partial charge is 0.267 e. The fourth-order valence-corrected chi connectivity index (χ4v) is 2.41. The van der Waals surface area contributed by atoms with Crippen molar-refractivity contribution in [3.8, 4) is 11.8 Å². The average Bonchev–Trinajstić information content (AvgIpc) is 2.75. The molecule has 0 saturated heterocycles. The number of nitrogens with zero attached hydrogens (tertiary/aromatic N) is 1. The molecular formula is C24H17ClN2O. The molecule has 28 heavy (non-hydrogen) atoms. The van der Waals surface area contributed by atoms with E-state index in [9.17, 15) is 4.79 Å². The topological polar surface area (TPSA) is 41.5 Å². The van der Waals surface area contributed by atoms with Crippen molar-refractivity contribution >= 4 is 29.3 Å². The number of hydrazone groups is 1. The van der Waals surface area contributed by atoms with E-state index < -0.39 is 0 Å². The third kappa shape index (κ3) is 5.98. The lowest BCUT2D eigenvalue weighted by molar-refractivity contribution is 0.0955. The zero-order chi connectivity index (χ0) is 19.6. The number of halogens is 1. The van der Waals surface area contributed by atoms with Crippen LogP contribution in [-0.4, -0.2) is 11.6 Å². The molecule has 0 spiro atoms. The number of carbonyl (C=O) groups excluding carboxylic acids is 1. The van der Waals surface area contributed by atoms with Crippen LogP contribution in [0.3, 0.4) is 0 Å². The van der Waals surface area contributed by atoms with Gasteiger partial charge in [-0.25, -0.2) is 5.43 Å². The minimum atomic E-state index is -0.330. The normalized spacial score (nSPS) is 11.0. The van der Waals surface area contributed by atoms with E-state index in [0.717, 1.165) is 11.1 Å². The van der Waals surface area contributed by atoms with E-state index in [1.165, 1.54) is 0 Å². The molecular weight excluding hydrogens is 368 g/mol. The number of carbonyl (C=O) groups is 1. The molecule has 0 radical (unpaired) electrons. The van der Waals surface area contributed by atoms with Gasteiger partial charge in [0.25, 0.3) is 5.91 Å². The van der Waals surface area contributed by atoms with Crippen LogP contribution in [0.5, 0.6) is 0 Å². The van der Waals surface area contributed by atoms with Crippen molar-refractivity contribution in [2.24, 2.45) is 5.10 Å². The van der Waals surface area contributed by atoms with Crippen LogP contribution in [0.1, 0.15) is 21.5 Å². The predicted octanol–water partition coefficient (Wildman–Crippen LogP) is 5.19. The Hall–Kier alpha value is -3.61. The second kappa shape index (κ2) is 9.91. The summed E-state index contributed by atoms with van der Waals surface area (Å²) < 4.78 is 0. The van der Waals surface area contributed by atoms with Crippen LogP contribution in [0.15, 0.2) is 96.1 Å². The van der Waals surface area contributed by atoms with E-state index >= 15 is 0 Å². The Morgan fingerprint density at radius 2 is 1.54 bits per heavy atom. The Kier molecular flexibility index (Phi) is 6.78. The molecule has 3 aromatic carbocycles. The summed E-state index contributed by atoms with van der Waals surface area (Å²) in [6.45, 7) is 0. The summed E-state index contributed by atoms with van der Waals surface area (Å²) in [6, 6.07) is 26.0. The first-order valence-corrected chi connectivity index (χ1v) is 9.02. The van der Waals surface area contributed by atoms with Gasteiger partial charge in [-0.3, -0.25) is 4.79 Å². The summed E-state index contributed by atoms with van der Waals surface area (Å²) in [5.41, 5.74) is 5.33. The fourth-order valence-electron chi connectivity index (χ4n) is 2.28. The van der Waals surface area contributed by atoms with E-state index in [0.29, 0.717) is 16.3 Å². The molecule has 1 amide bonds. The summed E-state index contributed by atoms with van der Waals surface area (Å²) in [7, 11) is 0. The third-order valence-corrected chi connectivity index (χ3v) is 3.98. The Labute approximate surface area is 169 Å². The van der Waals surface area contributed by atoms with Gasteiger partial charge < -0.3 is 0 Å². The van der Waals surface area contributed by atoms with E-state index in [2.05, 4.69) is 22.4 Å². The highest BCUT2D eigenvalue weighted by molar-refractivity contribution is 6.30. The van der Waals surface area contributed by atoms with Gasteiger partial charge in [-0.05, 0) is 54.0 Å². The number of nitrogens with one attached hydrogen (secondary N) is 1. The van der Waals surface area contributed by atoms with Gasteiger partial charge >= 0.3 is 0 Å². The minimum absolute atomic E-state index is 0.330. The Balaban J connectivity index is 1.81. The molecule has 0 atom stereocenters. The highest BCUT2D eigenvalue weighted by atomic mass is 35.5. The van der Waals surface area contributed by atoms with Crippen LogP contribution >= 0.6 is 11.6 Å². The summed E-state index contributed by atoms with van der Waals surface area (Å²) in [5, 5.41) is 4.75. The molecule has 0 heterocycles. The maximum Gasteiger partial charge on any atom is 0.271 e. The Bertz CT molecular complexity index is 1040. The zero-order valence-corrected chi connectivity index (χ0v) is 15.7. The molecule has 0 aliphatic rings. The molecule has 0 unspecified atom stereocenters. The molecule has 0 saturated carbocycles. The van der Waals surface area contributed by atoms with Crippen molar-refractivity contribution in [1.29, 1.82) is 0 Å². The number of hydrogen-bond acceptors (Lipinski definition) is 2. The van der Waals surface area contributed by atoms with Crippen LogP contribution < -0.4 is 5.43 Å². The van der Waals surface area contributed by atoms with Gasteiger partial charge in [0.2, 0.25) is 0 Å². The molecule has 0 aromatic heterocycles. The van der Waals surface area contributed by atoms with Crippen LogP contribution in [0.2, 0.25) is 5.02 Å². The van der Waals surface area contributed by atoms with E-state index in [1.807, 2.05) is 66.7 Å². The van der Waals surface area contributed by atoms with Gasteiger partial charge in [-0.1, -0.05) is 72.1 Å². The van der Waals surface area contributed by atoms with Gasteiger partial charge in [0.1, 0.15) is 5.71 Å². The lowest BCUT2D eigenvalue weighted by atomic mass is 10.2. The molecule has 0 fully saturated rings. The van der Waals surface area contributed by atoms with Crippen LogP contribution in [-0.2, 0) is 0 Å². The summed E-state index contributed by atoms with van der Waals surface area (Å²) in [6.07, 6.45) is 3.67. The third-order valence-electron chi connectivity index (χ3n) is 3.73. The molecule has 136 valence electrons. The zero-order valence-electron chi connectivity index (χ0n) is 15.0.